The Morgan fingerprint density at radius 1 is 1.45 bits per heavy atom. The summed E-state index contributed by atoms with van der Waals surface area (Å²) in [6.45, 7) is 0. The lowest BCUT2D eigenvalue weighted by atomic mass is 10.1. The van der Waals surface area contributed by atoms with Crippen LogP contribution in [0.15, 0.2) is 24.4 Å². The first kappa shape index (κ1) is 6.20. The number of hydrogen-bond donors (Lipinski definition) is 2. The van der Waals surface area contributed by atoms with Gasteiger partial charge in [0.2, 0.25) is 12.3 Å². The fourth-order valence-corrected chi connectivity index (χ4v) is 1.17. The lowest BCUT2D eigenvalue weighted by Crippen LogP contribution is -2.00. The number of allylic oxidation sites excluding steroid dienone is 1. The third-order valence-corrected chi connectivity index (χ3v) is 1.76. The highest BCUT2D eigenvalue weighted by Crippen LogP contribution is 2.22. The molecule has 1 aromatic carbocycles. The summed E-state index contributed by atoms with van der Waals surface area (Å²) < 4.78 is 0. The molecule has 1 aliphatic heterocycles. The summed E-state index contributed by atoms with van der Waals surface area (Å²) in [6, 6.07) is 5.87. The summed E-state index contributed by atoms with van der Waals surface area (Å²) in [6.07, 6.45) is 5.78. The highest BCUT2D eigenvalue weighted by atomic mass is 14.9. The Labute approximate surface area is 65.7 Å². The van der Waals surface area contributed by atoms with Gasteiger partial charge in [-0.3, -0.25) is 0 Å². The molecule has 0 aromatic heterocycles. The van der Waals surface area contributed by atoms with Crippen LogP contribution in [0.3, 0.4) is 0 Å². The lowest BCUT2D eigenvalue weighted by Gasteiger charge is -2.05. The quantitative estimate of drug-likeness (QED) is 0.429. The smallest absolute Gasteiger partial charge is 0.247 e. The zero-order valence-electron chi connectivity index (χ0n) is 6.09. The average Bonchev–Trinajstić information content (AvgIpc) is 2.04. The lowest BCUT2D eigenvalue weighted by molar-refractivity contribution is 1.19. The van der Waals surface area contributed by atoms with Gasteiger partial charge in [0.25, 0.3) is 0 Å². The summed E-state index contributed by atoms with van der Waals surface area (Å²) in [5, 5.41) is 3.09. The van der Waals surface area contributed by atoms with Gasteiger partial charge in [-0.15, -0.1) is 0 Å². The van der Waals surface area contributed by atoms with Crippen LogP contribution in [0.5, 0.6) is 0 Å². The highest BCUT2D eigenvalue weighted by Gasteiger charge is 2.11. The van der Waals surface area contributed by atoms with E-state index in [2.05, 4.69) is 11.4 Å². The summed E-state index contributed by atoms with van der Waals surface area (Å²) in [5.74, 6) is 0. The van der Waals surface area contributed by atoms with Crippen LogP contribution in [0.1, 0.15) is 5.56 Å². The highest BCUT2D eigenvalue weighted by molar-refractivity contribution is 5.62. The van der Waals surface area contributed by atoms with E-state index in [-0.39, 0.29) is 0 Å². The minimum absolute atomic E-state index is 0.798. The van der Waals surface area contributed by atoms with E-state index in [0.717, 1.165) is 17.8 Å². The molecule has 11 heavy (non-hydrogen) atoms. The van der Waals surface area contributed by atoms with E-state index >= 15 is 0 Å². The van der Waals surface area contributed by atoms with Crippen LogP contribution in [-0.2, 0) is 6.42 Å². The molecule has 54 valence electrons. The predicted octanol–water partition coefficient (Wildman–Crippen LogP) is 1.55. The van der Waals surface area contributed by atoms with Gasteiger partial charge < -0.3 is 11.1 Å². The second-order valence-corrected chi connectivity index (χ2v) is 2.59. The molecule has 0 bridgehead atoms. The molecule has 1 aliphatic rings. The van der Waals surface area contributed by atoms with Gasteiger partial charge >= 0.3 is 0 Å². The van der Waals surface area contributed by atoms with Crippen LogP contribution in [0.25, 0.3) is 0 Å². The Hall–Kier alpha value is -1.53. The fraction of sp³-hybridized carbons (Fsp3) is 0.111. The van der Waals surface area contributed by atoms with Crippen LogP contribution in [0.4, 0.5) is 11.4 Å². The Morgan fingerprint density at radius 3 is 3.27 bits per heavy atom. The Morgan fingerprint density at radius 2 is 2.36 bits per heavy atom. The van der Waals surface area contributed by atoms with E-state index < -0.39 is 0 Å². The van der Waals surface area contributed by atoms with E-state index in [9.17, 15) is 0 Å². The van der Waals surface area contributed by atoms with Crippen molar-refractivity contribution in [2.75, 3.05) is 11.1 Å². The van der Waals surface area contributed by atoms with Gasteiger partial charge in [0, 0.05) is 11.3 Å². The molecule has 1 heterocycles. The first-order valence-corrected chi connectivity index (χ1v) is 3.56. The third kappa shape index (κ3) is 1.04. The molecule has 0 spiro atoms. The number of fused-ring (bicyclic) bond motifs is 1. The van der Waals surface area contributed by atoms with Crippen LogP contribution in [0.2, 0.25) is 0 Å². The normalized spacial score (nSPS) is 13.1. The second-order valence-electron chi connectivity index (χ2n) is 2.59. The van der Waals surface area contributed by atoms with Crippen LogP contribution < -0.4 is 11.1 Å². The maximum atomic E-state index is 5.61. The number of nitrogens with one attached hydrogen (secondary N) is 1. The van der Waals surface area contributed by atoms with Crippen LogP contribution in [0, 0.1) is 6.08 Å². The monoisotopic (exact) mass is 145 g/mol. The van der Waals surface area contributed by atoms with Crippen molar-refractivity contribution in [1.82, 2.24) is 0 Å². The van der Waals surface area contributed by atoms with Crippen molar-refractivity contribution in [1.29, 1.82) is 0 Å². The molecule has 2 nitrogen and oxygen atoms in total. The largest absolute Gasteiger partial charge is 0.399 e. The molecule has 3 N–H and O–H groups in total. The first-order valence-electron chi connectivity index (χ1n) is 3.56. The minimum Gasteiger partial charge on any atom is -0.399 e. The molecule has 0 atom stereocenters. The van der Waals surface area contributed by atoms with Crippen molar-refractivity contribution in [3.63, 3.8) is 0 Å². The molecular formula is C9H9N2+. The average molecular weight is 145 g/mol. The van der Waals surface area contributed by atoms with Crippen molar-refractivity contribution in [2.45, 2.75) is 6.42 Å². The van der Waals surface area contributed by atoms with Gasteiger partial charge in [-0.1, -0.05) is 0 Å². The van der Waals surface area contributed by atoms with Crippen molar-refractivity contribution < 1.29 is 0 Å². The molecule has 0 unspecified atom stereocenters. The van der Waals surface area contributed by atoms with E-state index in [1.54, 1.807) is 0 Å². The standard InChI is InChI=1S/C9H9N2/c10-8-4-3-7-2-1-5-11-9(7)6-8/h3-6,11H,2,10H2/q+1. The number of nitrogens with two attached hydrogens (primary N) is 1. The number of benzene rings is 1. The Balaban J connectivity index is 2.48. The molecule has 0 fully saturated rings. The molecular weight excluding hydrogens is 136 g/mol. The molecule has 2 rings (SSSR count). The van der Waals surface area contributed by atoms with E-state index in [4.69, 9.17) is 5.73 Å². The summed E-state index contributed by atoms with van der Waals surface area (Å²) >= 11 is 0. The van der Waals surface area contributed by atoms with Gasteiger partial charge in [0.15, 0.2) is 6.42 Å². The van der Waals surface area contributed by atoms with Gasteiger partial charge in [-0.25, -0.2) is 0 Å². The first-order chi connectivity index (χ1) is 5.36. The molecule has 0 amide bonds. The van der Waals surface area contributed by atoms with Crippen LogP contribution in [-0.4, -0.2) is 0 Å². The van der Waals surface area contributed by atoms with Crippen molar-refractivity contribution >= 4 is 11.4 Å². The van der Waals surface area contributed by atoms with Crippen molar-refractivity contribution in [3.8, 4) is 0 Å². The predicted molar refractivity (Wildman–Crippen MR) is 46.0 cm³/mol. The maximum Gasteiger partial charge on any atom is 0.247 e. The molecule has 1 aromatic rings. The number of anilines is 2. The second kappa shape index (κ2) is 2.26. The van der Waals surface area contributed by atoms with Gasteiger partial charge in [0.05, 0.1) is 5.69 Å². The summed E-state index contributed by atoms with van der Waals surface area (Å²) in [5.41, 5.74) is 8.76. The molecule has 0 saturated heterocycles. The Kier molecular flexibility index (Phi) is 1.27. The maximum absolute atomic E-state index is 5.61. The van der Waals surface area contributed by atoms with Crippen molar-refractivity contribution in [2.24, 2.45) is 0 Å². The zero-order valence-corrected chi connectivity index (χ0v) is 6.09. The molecule has 0 aliphatic carbocycles. The Bertz CT molecular complexity index is 302. The number of rotatable bonds is 0. The molecule has 2 heteroatoms. The summed E-state index contributed by atoms with van der Waals surface area (Å²) in [7, 11) is 0. The third-order valence-electron chi connectivity index (χ3n) is 1.76. The minimum atomic E-state index is 0.798. The van der Waals surface area contributed by atoms with E-state index in [1.807, 2.05) is 24.4 Å². The van der Waals surface area contributed by atoms with Crippen LogP contribution >= 0.6 is 0 Å². The topological polar surface area (TPSA) is 38.0 Å². The molecule has 0 saturated carbocycles. The summed E-state index contributed by atoms with van der Waals surface area (Å²) in [4.78, 5) is 0. The number of hydrogen-bond acceptors (Lipinski definition) is 2. The van der Waals surface area contributed by atoms with E-state index in [0.29, 0.717) is 0 Å². The fourth-order valence-electron chi connectivity index (χ4n) is 1.17. The molecule has 0 radical (unpaired) electrons. The van der Waals surface area contributed by atoms with Crippen molar-refractivity contribution in [3.05, 3.63) is 36.0 Å². The SMILES string of the molecule is Nc1ccc2c(c1)NC=[C+]C2. The number of nitrogen functional groups attached to an aromatic ring is 1. The van der Waals surface area contributed by atoms with Gasteiger partial charge in [-0.2, -0.15) is 0 Å². The van der Waals surface area contributed by atoms with E-state index in [1.165, 1.54) is 5.56 Å². The van der Waals surface area contributed by atoms with Gasteiger partial charge in [-0.05, 0) is 18.2 Å². The zero-order chi connectivity index (χ0) is 7.68. The van der Waals surface area contributed by atoms with Gasteiger partial charge in [0.1, 0.15) is 0 Å².